The molecule has 8 rings (SSSR count). The maximum atomic E-state index is 14.0. The Bertz CT molecular complexity index is 1820. The van der Waals surface area contributed by atoms with E-state index in [-0.39, 0.29) is 23.8 Å². The van der Waals surface area contributed by atoms with Crippen molar-refractivity contribution in [2.45, 2.75) is 63.6 Å². The number of halogens is 3. The third-order valence-corrected chi connectivity index (χ3v) is 11.0. The molecule has 10 nitrogen and oxygen atoms in total. The monoisotopic (exact) mass is 679 g/mol. The lowest BCUT2D eigenvalue weighted by Gasteiger charge is -2.48. The number of aryl methyl sites for hydroxylation is 1. The van der Waals surface area contributed by atoms with Gasteiger partial charge in [-0.05, 0) is 85.6 Å². The van der Waals surface area contributed by atoms with Crippen LogP contribution in [0, 0.1) is 12.3 Å². The molecule has 4 aromatic rings. The molecule has 5 heterocycles. The second-order valence-electron chi connectivity index (χ2n) is 14.4. The van der Waals surface area contributed by atoms with E-state index >= 15 is 0 Å². The van der Waals surface area contributed by atoms with Gasteiger partial charge in [0, 0.05) is 69.3 Å². The zero-order valence-corrected chi connectivity index (χ0v) is 28.2. The first-order valence-corrected chi connectivity index (χ1v) is 17.6. The van der Waals surface area contributed by atoms with Crippen LogP contribution in [0.2, 0.25) is 0 Å². The van der Waals surface area contributed by atoms with E-state index in [0.717, 1.165) is 112 Å². The minimum atomic E-state index is -4.54. The molecule has 0 radical (unpaired) electrons. The number of aromatic nitrogens is 4. The third kappa shape index (κ3) is 6.52. The number of nitrogens with zero attached hydrogens (tertiary/aromatic N) is 5. The first-order valence-electron chi connectivity index (χ1n) is 17.6. The van der Waals surface area contributed by atoms with Gasteiger partial charge in [0.2, 0.25) is 0 Å². The summed E-state index contributed by atoms with van der Waals surface area (Å²) in [4.78, 5) is 14.6. The fraction of sp³-hybridized carbons (Fsp3) is 0.583. The van der Waals surface area contributed by atoms with Crippen molar-refractivity contribution in [1.29, 1.82) is 0 Å². The topological polar surface area (TPSA) is 101 Å². The van der Waals surface area contributed by atoms with Crippen LogP contribution in [0.15, 0.2) is 24.4 Å². The van der Waals surface area contributed by atoms with Gasteiger partial charge in [-0.25, -0.2) is 0 Å². The molecule has 0 unspecified atom stereocenters. The average Bonchev–Trinajstić information content (AvgIpc) is 3.82. The Morgan fingerprint density at radius 2 is 1.76 bits per heavy atom. The van der Waals surface area contributed by atoms with Crippen LogP contribution in [0.4, 0.5) is 19.0 Å². The predicted octanol–water partition coefficient (Wildman–Crippen LogP) is 5.98. The summed E-state index contributed by atoms with van der Waals surface area (Å²) in [5.74, 6) is 1.04. The lowest BCUT2D eigenvalue weighted by Crippen LogP contribution is -2.58. The van der Waals surface area contributed by atoms with Crippen LogP contribution in [-0.2, 0) is 4.74 Å². The number of rotatable bonds is 10. The van der Waals surface area contributed by atoms with E-state index in [2.05, 4.69) is 31.4 Å². The first kappa shape index (κ1) is 32.5. The summed E-state index contributed by atoms with van der Waals surface area (Å²) in [6, 6.07) is 6.23. The Morgan fingerprint density at radius 1 is 0.980 bits per heavy atom. The zero-order valence-electron chi connectivity index (χ0n) is 28.2. The standard InChI is InChI=1S/C36H44F3N7O3/c1-22-3-6-28-27(18-41-44-28)29(22)30-25(23-4-5-23)17-26-31(32(30)48-21-36(37,38)39)42-34(49-24-7-11-45(12-8-24)15-16-47-2)43-33(26)46-13-9-35(10-14-46)19-40-20-35/h3,6,17-18,23-24,40H,4-5,7-16,19-21H2,1-2H3,(H,41,44). The Morgan fingerprint density at radius 3 is 2.43 bits per heavy atom. The fourth-order valence-electron chi connectivity index (χ4n) is 7.89. The highest BCUT2D eigenvalue weighted by Crippen LogP contribution is 2.53. The minimum Gasteiger partial charge on any atom is -0.481 e. The van der Waals surface area contributed by atoms with Crippen molar-refractivity contribution in [3.8, 4) is 22.9 Å². The number of H-pyrrole nitrogens is 1. The van der Waals surface area contributed by atoms with Gasteiger partial charge in [0.25, 0.3) is 0 Å². The molecule has 13 heteroatoms. The Hall–Kier alpha value is -3.68. The molecule has 1 spiro atoms. The summed E-state index contributed by atoms with van der Waals surface area (Å²) in [6.45, 7) is 7.45. The maximum Gasteiger partial charge on any atom is 0.422 e. The van der Waals surface area contributed by atoms with Crippen LogP contribution in [0.1, 0.15) is 55.6 Å². The molecule has 2 N–H and O–H groups in total. The minimum absolute atomic E-state index is 0.110. The number of fused-ring (bicyclic) bond motifs is 2. The zero-order chi connectivity index (χ0) is 33.8. The van der Waals surface area contributed by atoms with Crippen molar-refractivity contribution in [2.24, 2.45) is 5.41 Å². The van der Waals surface area contributed by atoms with Gasteiger partial charge in [-0.1, -0.05) is 6.07 Å². The van der Waals surface area contributed by atoms with Crippen LogP contribution >= 0.6 is 0 Å². The van der Waals surface area contributed by atoms with E-state index in [1.807, 2.05) is 19.1 Å². The molecule has 2 aromatic carbocycles. The number of benzene rings is 2. The number of aromatic amines is 1. The summed E-state index contributed by atoms with van der Waals surface area (Å²) in [5.41, 5.74) is 4.84. The van der Waals surface area contributed by atoms with Gasteiger partial charge in [0.05, 0.1) is 18.3 Å². The van der Waals surface area contributed by atoms with E-state index in [1.165, 1.54) is 0 Å². The number of alkyl halides is 3. The summed E-state index contributed by atoms with van der Waals surface area (Å²) in [5, 5.41) is 12.3. The van der Waals surface area contributed by atoms with E-state index in [9.17, 15) is 13.2 Å². The number of ether oxygens (including phenoxy) is 3. The van der Waals surface area contributed by atoms with E-state index in [4.69, 9.17) is 24.2 Å². The second-order valence-corrected chi connectivity index (χ2v) is 14.4. The normalized spacial score (nSPS) is 20.3. The highest BCUT2D eigenvalue weighted by atomic mass is 19.4. The Balaban J connectivity index is 1.28. The number of piperidine rings is 2. The van der Waals surface area contributed by atoms with Crippen molar-refractivity contribution in [1.82, 2.24) is 30.4 Å². The highest BCUT2D eigenvalue weighted by molar-refractivity contribution is 6.06. The molecule has 262 valence electrons. The quantitative estimate of drug-likeness (QED) is 0.210. The molecule has 3 aliphatic heterocycles. The SMILES string of the molecule is COCCN1CCC(Oc2nc(N3CCC4(CC3)CNC4)c3cc(C4CC4)c(-c4c(C)ccc5[nH]ncc45)c(OCC(F)(F)F)c3n2)CC1. The molecule has 0 bridgehead atoms. The van der Waals surface area contributed by atoms with E-state index in [1.54, 1.807) is 13.3 Å². The molecule has 4 fully saturated rings. The van der Waals surface area contributed by atoms with Crippen LogP contribution in [-0.4, -0.2) is 103 Å². The number of likely N-dealkylation sites (tertiary alicyclic amines) is 1. The largest absolute Gasteiger partial charge is 0.481 e. The molecular formula is C36H44F3N7O3. The molecule has 2 aromatic heterocycles. The lowest BCUT2D eigenvalue weighted by molar-refractivity contribution is -0.153. The van der Waals surface area contributed by atoms with Crippen molar-refractivity contribution in [3.05, 3.63) is 35.5 Å². The van der Waals surface area contributed by atoms with E-state index in [0.29, 0.717) is 34.3 Å². The molecule has 4 aliphatic rings. The average molecular weight is 680 g/mol. The van der Waals surface area contributed by atoms with Gasteiger partial charge in [0.1, 0.15) is 17.4 Å². The number of methoxy groups -OCH3 is 1. The van der Waals surface area contributed by atoms with Crippen molar-refractivity contribution < 1.29 is 27.4 Å². The fourth-order valence-corrected chi connectivity index (χ4v) is 7.89. The summed E-state index contributed by atoms with van der Waals surface area (Å²) in [6.07, 6.45) is 2.64. The summed E-state index contributed by atoms with van der Waals surface area (Å²) >= 11 is 0. The molecule has 1 saturated carbocycles. The van der Waals surface area contributed by atoms with Gasteiger partial charge in [-0.15, -0.1) is 0 Å². The van der Waals surface area contributed by atoms with Crippen molar-refractivity contribution >= 4 is 27.6 Å². The predicted molar refractivity (Wildman–Crippen MR) is 182 cm³/mol. The number of hydrogen-bond donors (Lipinski definition) is 2. The maximum absolute atomic E-state index is 14.0. The summed E-state index contributed by atoms with van der Waals surface area (Å²) < 4.78 is 59.7. The Labute approximate surface area is 283 Å². The first-order chi connectivity index (χ1) is 23.7. The molecular weight excluding hydrogens is 635 g/mol. The number of nitrogens with one attached hydrogen (secondary N) is 2. The molecule has 0 amide bonds. The van der Waals surface area contributed by atoms with Gasteiger partial charge in [-0.3, -0.25) is 5.10 Å². The smallest absolute Gasteiger partial charge is 0.422 e. The Kier molecular flexibility index (Phi) is 8.56. The number of anilines is 1. The van der Waals surface area contributed by atoms with Gasteiger partial charge >= 0.3 is 12.2 Å². The van der Waals surface area contributed by atoms with Crippen LogP contribution in [0.5, 0.6) is 11.8 Å². The van der Waals surface area contributed by atoms with E-state index < -0.39 is 12.8 Å². The third-order valence-electron chi connectivity index (χ3n) is 11.0. The molecule has 0 atom stereocenters. The molecule has 49 heavy (non-hydrogen) atoms. The van der Waals surface area contributed by atoms with Gasteiger partial charge in [0.15, 0.2) is 12.4 Å². The molecule has 3 saturated heterocycles. The van der Waals surface area contributed by atoms with Crippen molar-refractivity contribution in [2.75, 3.05) is 71.0 Å². The van der Waals surface area contributed by atoms with Crippen LogP contribution in [0.3, 0.4) is 0 Å². The van der Waals surface area contributed by atoms with Crippen LogP contribution in [0.25, 0.3) is 32.9 Å². The van der Waals surface area contributed by atoms with Crippen molar-refractivity contribution in [3.63, 3.8) is 0 Å². The lowest BCUT2D eigenvalue weighted by atomic mass is 9.73. The van der Waals surface area contributed by atoms with Gasteiger partial charge < -0.3 is 29.3 Å². The second kappa shape index (κ2) is 12.9. The van der Waals surface area contributed by atoms with Crippen LogP contribution < -0.4 is 19.7 Å². The molecule has 1 aliphatic carbocycles. The van der Waals surface area contributed by atoms with Gasteiger partial charge in [-0.2, -0.15) is 28.2 Å². The summed E-state index contributed by atoms with van der Waals surface area (Å²) in [7, 11) is 1.71. The number of hydrogen-bond acceptors (Lipinski definition) is 9. The highest BCUT2D eigenvalue weighted by Gasteiger charge is 2.41.